The zero-order chi connectivity index (χ0) is 20.2. The third kappa shape index (κ3) is 5.19. The second kappa shape index (κ2) is 8.38. The zero-order valence-electron chi connectivity index (χ0n) is 17.1. The average Bonchev–Trinajstić information content (AvgIpc) is 2.66. The molecule has 0 aromatic heterocycles. The van der Waals surface area contributed by atoms with Crippen molar-refractivity contribution in [2.24, 2.45) is 0 Å². The number of rotatable bonds is 5. The van der Waals surface area contributed by atoms with Crippen molar-refractivity contribution < 1.29 is 9.59 Å². The second-order valence-electron chi connectivity index (χ2n) is 8.06. The molecule has 0 aliphatic heterocycles. The van der Waals surface area contributed by atoms with Gasteiger partial charge in [-0.1, -0.05) is 63.2 Å². The molecule has 2 aromatic rings. The van der Waals surface area contributed by atoms with Gasteiger partial charge in [0.2, 0.25) is 5.91 Å². The Labute approximate surface area is 162 Å². The summed E-state index contributed by atoms with van der Waals surface area (Å²) in [5.74, 6) is -0.358. The van der Waals surface area contributed by atoms with E-state index in [0.29, 0.717) is 5.56 Å². The number of nitrogens with zero attached hydrogens (tertiary/aromatic N) is 1. The van der Waals surface area contributed by atoms with Crippen LogP contribution >= 0.6 is 0 Å². The van der Waals surface area contributed by atoms with Crippen molar-refractivity contribution in [3.63, 3.8) is 0 Å². The van der Waals surface area contributed by atoms with E-state index < -0.39 is 6.04 Å². The van der Waals surface area contributed by atoms with Crippen LogP contribution in [0.4, 0.5) is 0 Å². The highest BCUT2D eigenvalue weighted by atomic mass is 16.2. The Morgan fingerprint density at radius 1 is 0.926 bits per heavy atom. The van der Waals surface area contributed by atoms with E-state index in [-0.39, 0.29) is 23.3 Å². The van der Waals surface area contributed by atoms with Crippen molar-refractivity contribution in [3.8, 4) is 0 Å². The van der Waals surface area contributed by atoms with E-state index in [9.17, 15) is 9.59 Å². The van der Waals surface area contributed by atoms with E-state index in [1.807, 2.05) is 61.5 Å². The Morgan fingerprint density at radius 2 is 1.48 bits per heavy atom. The quantitative estimate of drug-likeness (QED) is 0.857. The minimum absolute atomic E-state index is 0.0363. The van der Waals surface area contributed by atoms with Gasteiger partial charge in [0.1, 0.15) is 6.04 Å². The van der Waals surface area contributed by atoms with Crippen molar-refractivity contribution in [3.05, 3.63) is 71.3 Å². The highest BCUT2D eigenvalue weighted by Crippen LogP contribution is 2.22. The molecule has 0 fully saturated rings. The molecule has 0 heterocycles. The molecule has 0 saturated heterocycles. The summed E-state index contributed by atoms with van der Waals surface area (Å²) in [6, 6.07) is 16.7. The van der Waals surface area contributed by atoms with Crippen molar-refractivity contribution in [1.29, 1.82) is 0 Å². The Bertz CT molecular complexity index is 776. The van der Waals surface area contributed by atoms with Gasteiger partial charge in [0.15, 0.2) is 0 Å². The van der Waals surface area contributed by atoms with Crippen LogP contribution in [0.3, 0.4) is 0 Å². The number of carbonyl (C=O) groups excluding carboxylic acids is 2. The molecular formula is C23H30N2O2. The molecule has 2 amide bonds. The molecule has 2 aromatic carbocycles. The van der Waals surface area contributed by atoms with Gasteiger partial charge in [-0.15, -0.1) is 0 Å². The Morgan fingerprint density at radius 3 is 2.00 bits per heavy atom. The highest BCUT2D eigenvalue weighted by Gasteiger charge is 2.24. The lowest BCUT2D eigenvalue weighted by Gasteiger charge is -2.28. The van der Waals surface area contributed by atoms with Crippen molar-refractivity contribution in [2.45, 2.75) is 52.1 Å². The van der Waals surface area contributed by atoms with E-state index in [1.54, 1.807) is 18.9 Å². The summed E-state index contributed by atoms with van der Waals surface area (Å²) >= 11 is 0. The number of hydrogen-bond donors (Lipinski definition) is 1. The first-order chi connectivity index (χ1) is 12.6. The third-order valence-corrected chi connectivity index (χ3v) is 4.94. The molecule has 0 spiro atoms. The number of nitrogens with one attached hydrogen (secondary N) is 1. The van der Waals surface area contributed by atoms with Gasteiger partial charge in [-0.3, -0.25) is 9.59 Å². The van der Waals surface area contributed by atoms with Gasteiger partial charge in [-0.2, -0.15) is 0 Å². The molecule has 144 valence electrons. The van der Waals surface area contributed by atoms with Gasteiger partial charge in [-0.25, -0.2) is 0 Å². The molecule has 0 aliphatic carbocycles. The van der Waals surface area contributed by atoms with E-state index in [0.717, 1.165) is 5.56 Å². The number of hydrogen-bond acceptors (Lipinski definition) is 2. The van der Waals surface area contributed by atoms with Crippen LogP contribution in [0.1, 0.15) is 62.1 Å². The maximum atomic E-state index is 12.7. The van der Waals surface area contributed by atoms with E-state index in [4.69, 9.17) is 0 Å². The first-order valence-corrected chi connectivity index (χ1v) is 9.34. The Hall–Kier alpha value is -2.62. The summed E-state index contributed by atoms with van der Waals surface area (Å²) in [5.41, 5.74) is 2.82. The third-order valence-electron chi connectivity index (χ3n) is 4.94. The largest absolute Gasteiger partial charge is 0.341 e. The minimum Gasteiger partial charge on any atom is -0.341 e. The first kappa shape index (κ1) is 20.7. The predicted molar refractivity (Wildman–Crippen MR) is 110 cm³/mol. The lowest BCUT2D eigenvalue weighted by Crippen LogP contribution is -2.46. The summed E-state index contributed by atoms with van der Waals surface area (Å²) < 4.78 is 0. The van der Waals surface area contributed by atoms with Gasteiger partial charge in [-0.05, 0) is 42.5 Å². The normalized spacial score (nSPS) is 13.6. The summed E-state index contributed by atoms with van der Waals surface area (Å²) in [5, 5.41) is 2.81. The highest BCUT2D eigenvalue weighted by molar-refractivity contribution is 5.97. The standard InChI is InChI=1S/C23H30N2O2/c1-16(22(27)25(6)17(2)18-10-8-7-9-11-18)24-21(26)19-12-14-20(15-13-19)23(3,4)5/h7-17H,1-6H3,(H,24,26). The fraction of sp³-hybridized carbons (Fsp3) is 0.391. The van der Waals surface area contributed by atoms with Gasteiger partial charge < -0.3 is 10.2 Å². The van der Waals surface area contributed by atoms with Crippen LogP contribution in [0.2, 0.25) is 0 Å². The molecule has 1 N–H and O–H groups in total. The summed E-state index contributed by atoms with van der Waals surface area (Å²) in [6.07, 6.45) is 0. The molecular weight excluding hydrogens is 336 g/mol. The van der Waals surface area contributed by atoms with Crippen LogP contribution in [0.5, 0.6) is 0 Å². The summed E-state index contributed by atoms with van der Waals surface area (Å²) in [7, 11) is 1.76. The lowest BCUT2D eigenvalue weighted by atomic mass is 9.86. The molecule has 2 unspecified atom stereocenters. The smallest absolute Gasteiger partial charge is 0.251 e. The van der Waals surface area contributed by atoms with Gasteiger partial charge in [0.05, 0.1) is 6.04 Å². The predicted octanol–water partition coefficient (Wildman–Crippen LogP) is 4.32. The maximum Gasteiger partial charge on any atom is 0.251 e. The molecule has 0 bridgehead atoms. The van der Waals surface area contributed by atoms with Crippen LogP contribution in [-0.2, 0) is 10.2 Å². The second-order valence-corrected chi connectivity index (χ2v) is 8.06. The Balaban J connectivity index is 2.02. The molecule has 0 saturated carbocycles. The zero-order valence-corrected chi connectivity index (χ0v) is 17.1. The van der Waals surface area contributed by atoms with Gasteiger partial charge in [0, 0.05) is 12.6 Å². The van der Waals surface area contributed by atoms with Crippen molar-refractivity contribution >= 4 is 11.8 Å². The minimum atomic E-state index is -0.601. The monoisotopic (exact) mass is 366 g/mol. The summed E-state index contributed by atoms with van der Waals surface area (Å²) in [4.78, 5) is 26.9. The number of carbonyl (C=O) groups is 2. The molecule has 0 aliphatic rings. The van der Waals surface area contributed by atoms with Crippen molar-refractivity contribution in [1.82, 2.24) is 10.2 Å². The van der Waals surface area contributed by atoms with Crippen LogP contribution < -0.4 is 5.32 Å². The van der Waals surface area contributed by atoms with Crippen molar-refractivity contribution in [2.75, 3.05) is 7.05 Å². The first-order valence-electron chi connectivity index (χ1n) is 9.34. The van der Waals surface area contributed by atoms with E-state index in [2.05, 4.69) is 26.1 Å². The molecule has 0 radical (unpaired) electrons. The fourth-order valence-corrected chi connectivity index (χ4v) is 2.91. The molecule has 2 rings (SSSR count). The topological polar surface area (TPSA) is 49.4 Å². The lowest BCUT2D eigenvalue weighted by molar-refractivity contribution is -0.133. The number of likely N-dealkylation sites (N-methyl/N-ethyl adjacent to an activating group) is 1. The maximum absolute atomic E-state index is 12.7. The average molecular weight is 367 g/mol. The SMILES string of the molecule is CC(NC(=O)c1ccc(C(C)(C)C)cc1)C(=O)N(C)C(C)c1ccccc1. The number of amides is 2. The fourth-order valence-electron chi connectivity index (χ4n) is 2.91. The van der Waals surface area contributed by atoms with Gasteiger partial charge >= 0.3 is 0 Å². The van der Waals surface area contributed by atoms with E-state index >= 15 is 0 Å². The molecule has 4 heteroatoms. The van der Waals surface area contributed by atoms with Crippen LogP contribution in [0, 0.1) is 0 Å². The van der Waals surface area contributed by atoms with Crippen LogP contribution in [-0.4, -0.2) is 29.8 Å². The van der Waals surface area contributed by atoms with Gasteiger partial charge in [0.25, 0.3) is 5.91 Å². The Kier molecular flexibility index (Phi) is 6.42. The molecule has 4 nitrogen and oxygen atoms in total. The molecule has 2 atom stereocenters. The van der Waals surface area contributed by atoms with E-state index in [1.165, 1.54) is 5.56 Å². The number of benzene rings is 2. The van der Waals surface area contributed by atoms with Crippen LogP contribution in [0.25, 0.3) is 0 Å². The molecule has 27 heavy (non-hydrogen) atoms. The summed E-state index contributed by atoms with van der Waals surface area (Å²) in [6.45, 7) is 10.1. The van der Waals surface area contributed by atoms with Crippen LogP contribution in [0.15, 0.2) is 54.6 Å².